The largest absolute Gasteiger partial charge is 0.497 e. The molecule has 0 aliphatic carbocycles. The number of piperidine rings is 1. The van der Waals surface area contributed by atoms with E-state index in [9.17, 15) is 4.79 Å². The van der Waals surface area contributed by atoms with Crippen molar-refractivity contribution in [2.75, 3.05) is 41.0 Å². The molecule has 3 rings (SSSR count). The number of amides is 1. The Bertz CT molecular complexity index is 826. The van der Waals surface area contributed by atoms with Crippen molar-refractivity contribution >= 4 is 21.8 Å². The summed E-state index contributed by atoms with van der Waals surface area (Å²) in [5.41, 5.74) is 1.67. The Balaban J connectivity index is 1.78. The summed E-state index contributed by atoms with van der Waals surface area (Å²) in [6.07, 6.45) is 3.63. The van der Waals surface area contributed by atoms with E-state index in [1.54, 1.807) is 33.5 Å². The minimum atomic E-state index is -0.158. The first kappa shape index (κ1) is 22.4. The zero-order chi connectivity index (χ0) is 21.5. The molecule has 1 aliphatic heterocycles. The smallest absolute Gasteiger partial charge is 0.251 e. The number of halogens is 1. The molecule has 1 fully saturated rings. The van der Waals surface area contributed by atoms with E-state index < -0.39 is 0 Å². The Kier molecular flexibility index (Phi) is 7.99. The number of nitrogens with zero attached hydrogens (tertiary/aromatic N) is 1. The first-order chi connectivity index (χ1) is 14.6. The average molecular weight is 477 g/mol. The van der Waals surface area contributed by atoms with Gasteiger partial charge in [0.2, 0.25) is 0 Å². The summed E-state index contributed by atoms with van der Waals surface area (Å²) in [6.45, 7) is 2.59. The van der Waals surface area contributed by atoms with Crippen LogP contribution in [0.1, 0.15) is 41.2 Å². The Morgan fingerprint density at radius 2 is 1.60 bits per heavy atom. The zero-order valence-corrected chi connectivity index (χ0v) is 19.3. The lowest BCUT2D eigenvalue weighted by molar-refractivity contribution is 0.0923. The molecule has 7 heteroatoms. The number of benzene rings is 2. The fraction of sp³-hybridized carbons (Fsp3) is 0.435. The number of rotatable bonds is 8. The molecular formula is C23H29BrN2O4. The number of carbonyl (C=O) groups is 1. The number of carbonyl (C=O) groups excluding carboxylic acids is 1. The van der Waals surface area contributed by atoms with E-state index in [4.69, 9.17) is 14.2 Å². The highest BCUT2D eigenvalue weighted by Crippen LogP contribution is 2.35. The number of likely N-dealkylation sites (tertiary alicyclic amines) is 1. The molecule has 1 heterocycles. The van der Waals surface area contributed by atoms with E-state index in [0.29, 0.717) is 28.1 Å². The zero-order valence-electron chi connectivity index (χ0n) is 17.7. The number of nitrogens with one attached hydrogen (secondary N) is 1. The van der Waals surface area contributed by atoms with Crippen molar-refractivity contribution in [2.24, 2.45) is 0 Å². The highest BCUT2D eigenvalue weighted by Gasteiger charge is 2.24. The Morgan fingerprint density at radius 3 is 2.13 bits per heavy atom. The molecule has 2 aromatic carbocycles. The predicted octanol–water partition coefficient (Wildman–Crippen LogP) is 4.43. The first-order valence-electron chi connectivity index (χ1n) is 10.1. The first-order valence-corrected chi connectivity index (χ1v) is 10.9. The molecule has 0 bridgehead atoms. The van der Waals surface area contributed by atoms with Crippen molar-refractivity contribution in [3.8, 4) is 17.2 Å². The molecular weight excluding hydrogens is 448 g/mol. The van der Waals surface area contributed by atoms with Crippen LogP contribution in [-0.2, 0) is 0 Å². The Labute approximate surface area is 186 Å². The van der Waals surface area contributed by atoms with Crippen LogP contribution >= 0.6 is 15.9 Å². The molecule has 1 amide bonds. The van der Waals surface area contributed by atoms with Crippen LogP contribution in [0.4, 0.5) is 0 Å². The topological polar surface area (TPSA) is 60.0 Å². The van der Waals surface area contributed by atoms with Gasteiger partial charge in [0.25, 0.3) is 5.91 Å². The molecule has 0 spiro atoms. The molecule has 1 N–H and O–H groups in total. The summed E-state index contributed by atoms with van der Waals surface area (Å²) in [6, 6.07) is 11.6. The van der Waals surface area contributed by atoms with Gasteiger partial charge in [0.15, 0.2) is 0 Å². The normalized spacial score (nSPS) is 15.3. The van der Waals surface area contributed by atoms with E-state index in [2.05, 4.69) is 38.3 Å². The fourth-order valence-electron chi connectivity index (χ4n) is 3.81. The van der Waals surface area contributed by atoms with Gasteiger partial charge in [0, 0.05) is 12.1 Å². The van der Waals surface area contributed by atoms with E-state index in [1.807, 2.05) is 12.1 Å². The summed E-state index contributed by atoms with van der Waals surface area (Å²) >= 11 is 3.44. The quantitative estimate of drug-likeness (QED) is 0.610. The third-order valence-corrected chi connectivity index (χ3v) is 6.28. The van der Waals surface area contributed by atoms with E-state index in [0.717, 1.165) is 18.8 Å². The highest BCUT2D eigenvalue weighted by atomic mass is 79.9. The lowest BCUT2D eigenvalue weighted by Crippen LogP contribution is -2.40. The summed E-state index contributed by atoms with van der Waals surface area (Å²) in [5.74, 6) is 1.79. The van der Waals surface area contributed by atoms with Crippen molar-refractivity contribution < 1.29 is 19.0 Å². The molecule has 162 valence electrons. The van der Waals surface area contributed by atoms with E-state index in [1.165, 1.54) is 24.8 Å². The van der Waals surface area contributed by atoms with Crippen molar-refractivity contribution in [1.82, 2.24) is 10.2 Å². The van der Waals surface area contributed by atoms with Crippen molar-refractivity contribution in [2.45, 2.75) is 25.3 Å². The molecule has 2 aromatic rings. The summed E-state index contributed by atoms with van der Waals surface area (Å²) in [4.78, 5) is 15.4. The van der Waals surface area contributed by atoms with Crippen LogP contribution in [0.5, 0.6) is 17.2 Å². The minimum absolute atomic E-state index is 0.111. The van der Waals surface area contributed by atoms with Crippen LogP contribution in [0, 0.1) is 0 Å². The van der Waals surface area contributed by atoms with Crippen LogP contribution < -0.4 is 19.5 Å². The molecule has 1 aliphatic rings. The van der Waals surface area contributed by atoms with Gasteiger partial charge in [0.05, 0.1) is 27.4 Å². The number of hydrogen-bond donors (Lipinski definition) is 1. The van der Waals surface area contributed by atoms with Crippen LogP contribution in [0.3, 0.4) is 0 Å². The number of ether oxygens (including phenoxy) is 3. The van der Waals surface area contributed by atoms with Gasteiger partial charge in [-0.2, -0.15) is 0 Å². The molecule has 0 aromatic heterocycles. The van der Waals surface area contributed by atoms with Crippen LogP contribution in [-0.4, -0.2) is 51.8 Å². The van der Waals surface area contributed by atoms with Crippen LogP contribution in [0.15, 0.2) is 40.9 Å². The van der Waals surface area contributed by atoms with Crippen molar-refractivity contribution in [3.05, 3.63) is 52.0 Å². The SMILES string of the molecule is COc1ccc(C(CNC(=O)c2cc(OC)c(Br)c(OC)c2)N2CCCCC2)cc1. The second-order valence-corrected chi connectivity index (χ2v) is 8.08. The third kappa shape index (κ3) is 5.26. The number of methoxy groups -OCH3 is 3. The minimum Gasteiger partial charge on any atom is -0.497 e. The molecule has 30 heavy (non-hydrogen) atoms. The average Bonchev–Trinajstić information content (AvgIpc) is 2.80. The number of hydrogen-bond acceptors (Lipinski definition) is 5. The Morgan fingerprint density at radius 1 is 1.00 bits per heavy atom. The van der Waals surface area contributed by atoms with Gasteiger partial charge in [-0.15, -0.1) is 0 Å². The van der Waals surface area contributed by atoms with Crippen molar-refractivity contribution in [3.63, 3.8) is 0 Å². The summed E-state index contributed by atoms with van der Waals surface area (Å²) in [7, 11) is 4.80. The third-order valence-electron chi connectivity index (χ3n) is 5.50. The molecule has 1 atom stereocenters. The monoisotopic (exact) mass is 476 g/mol. The molecule has 0 saturated carbocycles. The van der Waals surface area contributed by atoms with Gasteiger partial charge in [-0.05, 0) is 71.7 Å². The van der Waals surface area contributed by atoms with Crippen LogP contribution in [0.2, 0.25) is 0 Å². The van der Waals surface area contributed by atoms with E-state index >= 15 is 0 Å². The molecule has 0 radical (unpaired) electrons. The predicted molar refractivity (Wildman–Crippen MR) is 121 cm³/mol. The van der Waals surface area contributed by atoms with Crippen molar-refractivity contribution in [1.29, 1.82) is 0 Å². The fourth-order valence-corrected chi connectivity index (χ4v) is 4.36. The van der Waals surface area contributed by atoms with Gasteiger partial charge >= 0.3 is 0 Å². The van der Waals surface area contributed by atoms with Gasteiger partial charge in [0.1, 0.15) is 21.7 Å². The maximum Gasteiger partial charge on any atom is 0.251 e. The second-order valence-electron chi connectivity index (χ2n) is 7.29. The molecule has 6 nitrogen and oxygen atoms in total. The van der Waals surface area contributed by atoms with Gasteiger partial charge < -0.3 is 19.5 Å². The Hall–Kier alpha value is -2.25. The standard InChI is InChI=1S/C23H29BrN2O4/c1-28-18-9-7-16(8-10-18)19(26-11-5-4-6-12-26)15-25-23(27)17-13-20(29-2)22(24)21(14-17)30-3/h7-10,13-14,19H,4-6,11-12,15H2,1-3H3,(H,25,27). The van der Waals surface area contributed by atoms with Gasteiger partial charge in [-0.1, -0.05) is 18.6 Å². The summed E-state index contributed by atoms with van der Waals surface area (Å²) < 4.78 is 16.7. The maximum atomic E-state index is 12.9. The highest BCUT2D eigenvalue weighted by molar-refractivity contribution is 9.10. The van der Waals surface area contributed by atoms with E-state index in [-0.39, 0.29) is 11.9 Å². The lowest BCUT2D eigenvalue weighted by atomic mass is 10.0. The van der Waals surface area contributed by atoms with Crippen LogP contribution in [0.25, 0.3) is 0 Å². The maximum absolute atomic E-state index is 12.9. The molecule has 1 unspecified atom stereocenters. The summed E-state index contributed by atoms with van der Waals surface area (Å²) in [5, 5.41) is 3.11. The van der Waals surface area contributed by atoms with Gasteiger partial charge in [-0.25, -0.2) is 0 Å². The lowest BCUT2D eigenvalue weighted by Gasteiger charge is -2.35. The molecule has 1 saturated heterocycles. The van der Waals surface area contributed by atoms with Gasteiger partial charge in [-0.3, -0.25) is 9.69 Å². The second kappa shape index (κ2) is 10.7.